The Morgan fingerprint density at radius 1 is 1.26 bits per heavy atom. The third-order valence-electron chi connectivity index (χ3n) is 2.57. The Balaban J connectivity index is 2.69. The summed E-state index contributed by atoms with van der Waals surface area (Å²) in [6.07, 6.45) is 2.78. The number of aliphatic hydroxyl groups is 3. The van der Waals surface area contributed by atoms with Crippen molar-refractivity contribution < 1.29 is 20.1 Å². The van der Waals surface area contributed by atoms with E-state index in [9.17, 15) is 4.79 Å². The number of amides is 1. The van der Waals surface area contributed by atoms with Crippen LogP contribution in [0.15, 0.2) is 30.3 Å². The minimum absolute atomic E-state index is 0.530. The monoisotopic (exact) mass is 285 g/mol. The van der Waals surface area contributed by atoms with Gasteiger partial charge in [-0.05, 0) is 23.8 Å². The van der Waals surface area contributed by atoms with Crippen molar-refractivity contribution in [3.8, 4) is 0 Å². The highest BCUT2D eigenvalue weighted by molar-refractivity contribution is 6.30. The standard InChI is InChI=1S/C13H16ClNO4/c14-11-3-1-2-10(6-11)4-5-12(19)15-13(7-16,8-17)9-18/h1-6,16-18H,7-9H2,(H,15,19)/b5-4+. The number of carbonyl (C=O) groups is 1. The van der Waals surface area contributed by atoms with Crippen LogP contribution in [0.1, 0.15) is 5.56 Å². The molecule has 104 valence electrons. The lowest BCUT2D eigenvalue weighted by molar-refractivity contribution is -0.120. The molecule has 0 bridgehead atoms. The van der Waals surface area contributed by atoms with E-state index in [1.54, 1.807) is 24.3 Å². The molecule has 0 aromatic heterocycles. The van der Waals surface area contributed by atoms with E-state index in [-0.39, 0.29) is 0 Å². The Morgan fingerprint density at radius 3 is 2.42 bits per heavy atom. The van der Waals surface area contributed by atoms with Gasteiger partial charge in [0, 0.05) is 11.1 Å². The minimum Gasteiger partial charge on any atom is -0.394 e. The summed E-state index contributed by atoms with van der Waals surface area (Å²) in [6.45, 7) is -1.68. The molecule has 1 rings (SSSR count). The van der Waals surface area contributed by atoms with Crippen molar-refractivity contribution in [3.63, 3.8) is 0 Å². The van der Waals surface area contributed by atoms with Gasteiger partial charge in [-0.2, -0.15) is 0 Å². The van der Waals surface area contributed by atoms with Gasteiger partial charge in [-0.25, -0.2) is 0 Å². The molecule has 0 unspecified atom stereocenters. The summed E-state index contributed by atoms with van der Waals surface area (Å²) in [6, 6.07) is 6.92. The smallest absolute Gasteiger partial charge is 0.244 e. The van der Waals surface area contributed by atoms with E-state index in [0.717, 1.165) is 5.56 Å². The molecule has 6 heteroatoms. The highest BCUT2D eigenvalue weighted by atomic mass is 35.5. The summed E-state index contributed by atoms with van der Waals surface area (Å²) < 4.78 is 0. The Bertz CT molecular complexity index is 449. The lowest BCUT2D eigenvalue weighted by Crippen LogP contribution is -2.56. The van der Waals surface area contributed by atoms with E-state index in [1.165, 1.54) is 12.2 Å². The molecule has 19 heavy (non-hydrogen) atoms. The zero-order valence-electron chi connectivity index (χ0n) is 10.2. The van der Waals surface area contributed by atoms with Crippen molar-refractivity contribution in [2.45, 2.75) is 5.54 Å². The zero-order valence-corrected chi connectivity index (χ0v) is 11.0. The molecule has 5 nitrogen and oxygen atoms in total. The van der Waals surface area contributed by atoms with Crippen LogP contribution in [0, 0.1) is 0 Å². The van der Waals surface area contributed by atoms with Gasteiger partial charge in [-0.1, -0.05) is 23.7 Å². The molecule has 1 amide bonds. The maximum Gasteiger partial charge on any atom is 0.244 e. The molecule has 4 N–H and O–H groups in total. The summed E-state index contributed by atoms with van der Waals surface area (Å²) in [5.41, 5.74) is -0.680. The number of hydrogen-bond donors (Lipinski definition) is 4. The summed E-state index contributed by atoms with van der Waals surface area (Å²) >= 11 is 5.80. The summed E-state index contributed by atoms with van der Waals surface area (Å²) in [5.74, 6) is -0.530. The van der Waals surface area contributed by atoms with Gasteiger partial charge in [0.05, 0.1) is 19.8 Å². The van der Waals surface area contributed by atoms with Gasteiger partial charge in [0.1, 0.15) is 5.54 Å². The molecule has 0 fully saturated rings. The average molecular weight is 286 g/mol. The van der Waals surface area contributed by atoms with Gasteiger partial charge in [-0.3, -0.25) is 4.79 Å². The molecular formula is C13H16ClNO4. The van der Waals surface area contributed by atoms with Crippen LogP contribution in [-0.2, 0) is 4.79 Å². The van der Waals surface area contributed by atoms with Crippen LogP contribution in [0.5, 0.6) is 0 Å². The van der Waals surface area contributed by atoms with Gasteiger partial charge in [-0.15, -0.1) is 0 Å². The van der Waals surface area contributed by atoms with Crippen LogP contribution < -0.4 is 5.32 Å². The first kappa shape index (κ1) is 15.7. The van der Waals surface area contributed by atoms with Gasteiger partial charge in [0.25, 0.3) is 0 Å². The topological polar surface area (TPSA) is 89.8 Å². The Morgan fingerprint density at radius 2 is 1.89 bits per heavy atom. The molecule has 0 radical (unpaired) electrons. The molecule has 0 atom stereocenters. The molecule has 0 aliphatic carbocycles. The normalized spacial score (nSPS) is 11.8. The van der Waals surface area contributed by atoms with E-state index >= 15 is 0 Å². The fourth-order valence-corrected chi connectivity index (χ4v) is 1.55. The Hall–Kier alpha value is -1.40. The molecule has 0 aliphatic rings. The van der Waals surface area contributed by atoms with Crippen LogP contribution in [-0.4, -0.2) is 46.6 Å². The second-order valence-electron chi connectivity index (χ2n) is 4.13. The van der Waals surface area contributed by atoms with Crippen LogP contribution in [0.4, 0.5) is 0 Å². The highest BCUT2D eigenvalue weighted by Crippen LogP contribution is 2.11. The maximum absolute atomic E-state index is 11.6. The van der Waals surface area contributed by atoms with Crippen molar-refractivity contribution in [3.05, 3.63) is 40.9 Å². The predicted molar refractivity (Wildman–Crippen MR) is 72.6 cm³/mol. The minimum atomic E-state index is -1.42. The van der Waals surface area contributed by atoms with E-state index in [1.807, 2.05) is 0 Å². The largest absolute Gasteiger partial charge is 0.394 e. The first-order valence-corrected chi connectivity index (χ1v) is 6.01. The second-order valence-corrected chi connectivity index (χ2v) is 4.57. The van der Waals surface area contributed by atoms with Crippen LogP contribution in [0.25, 0.3) is 6.08 Å². The summed E-state index contributed by atoms with van der Waals surface area (Å²) in [7, 11) is 0. The summed E-state index contributed by atoms with van der Waals surface area (Å²) in [5, 5.41) is 30.1. The highest BCUT2D eigenvalue weighted by Gasteiger charge is 2.29. The number of aliphatic hydroxyl groups excluding tert-OH is 3. The molecule has 0 heterocycles. The van der Waals surface area contributed by atoms with Gasteiger partial charge in [0.15, 0.2) is 0 Å². The number of rotatable bonds is 6. The fourth-order valence-electron chi connectivity index (χ4n) is 1.35. The van der Waals surface area contributed by atoms with Crippen LogP contribution in [0.2, 0.25) is 5.02 Å². The fraction of sp³-hybridized carbons (Fsp3) is 0.308. The summed E-state index contributed by atoms with van der Waals surface area (Å²) in [4.78, 5) is 11.6. The van der Waals surface area contributed by atoms with E-state index in [0.29, 0.717) is 5.02 Å². The maximum atomic E-state index is 11.6. The van der Waals surface area contributed by atoms with Crippen molar-refractivity contribution >= 4 is 23.6 Å². The van der Waals surface area contributed by atoms with Crippen molar-refractivity contribution in [1.29, 1.82) is 0 Å². The number of benzene rings is 1. The van der Waals surface area contributed by atoms with Crippen LogP contribution in [0.3, 0.4) is 0 Å². The number of nitrogens with one attached hydrogen (secondary N) is 1. The van der Waals surface area contributed by atoms with Gasteiger partial charge < -0.3 is 20.6 Å². The molecule has 0 saturated carbocycles. The lowest BCUT2D eigenvalue weighted by atomic mass is 10.0. The molecule has 1 aromatic carbocycles. The Labute approximate surface area is 116 Å². The third kappa shape index (κ3) is 4.65. The van der Waals surface area contributed by atoms with E-state index in [4.69, 9.17) is 26.9 Å². The number of carbonyl (C=O) groups excluding carboxylic acids is 1. The quantitative estimate of drug-likeness (QED) is 0.562. The molecule has 0 aliphatic heterocycles. The SMILES string of the molecule is O=C(/C=C/c1cccc(Cl)c1)NC(CO)(CO)CO. The Kier molecular flexibility index (Phi) is 5.98. The molecule has 0 spiro atoms. The first-order valence-electron chi connectivity index (χ1n) is 5.63. The lowest BCUT2D eigenvalue weighted by Gasteiger charge is -2.27. The van der Waals surface area contributed by atoms with Crippen LogP contribution >= 0.6 is 11.6 Å². The van der Waals surface area contributed by atoms with Gasteiger partial charge in [0.2, 0.25) is 5.91 Å². The molecular weight excluding hydrogens is 270 g/mol. The van der Waals surface area contributed by atoms with E-state index < -0.39 is 31.3 Å². The van der Waals surface area contributed by atoms with Gasteiger partial charge >= 0.3 is 0 Å². The third-order valence-corrected chi connectivity index (χ3v) is 2.81. The molecule has 0 saturated heterocycles. The zero-order chi connectivity index (χ0) is 14.3. The predicted octanol–water partition coefficient (Wildman–Crippen LogP) is 0.185. The second kappa shape index (κ2) is 7.25. The molecule has 1 aromatic rings. The van der Waals surface area contributed by atoms with Crippen molar-refractivity contribution in [1.82, 2.24) is 5.32 Å². The van der Waals surface area contributed by atoms with E-state index in [2.05, 4.69) is 5.32 Å². The average Bonchev–Trinajstić information content (AvgIpc) is 2.43. The first-order chi connectivity index (χ1) is 9.05. The number of hydrogen-bond acceptors (Lipinski definition) is 4. The number of halogens is 1. The van der Waals surface area contributed by atoms with Crippen molar-refractivity contribution in [2.24, 2.45) is 0 Å². The van der Waals surface area contributed by atoms with Crippen molar-refractivity contribution in [2.75, 3.05) is 19.8 Å².